The Hall–Kier alpha value is -1.84. The molecule has 1 saturated heterocycles. The molecule has 0 aromatic heterocycles. The number of amides is 1. The third kappa shape index (κ3) is 5.33. The van der Waals surface area contributed by atoms with Gasteiger partial charge in [0.25, 0.3) is 0 Å². The molecule has 9 heteroatoms. The van der Waals surface area contributed by atoms with E-state index in [1.54, 1.807) is 17.0 Å². The molecule has 152 valence electrons. The number of piperazine rings is 1. The number of rotatable bonds is 8. The SMILES string of the molecule is COc1ccc(OC)c(S(=O)(=O)N(CC(=O)N2CCNCC2)CC(C)C)c1. The number of nitrogens with one attached hydrogen (secondary N) is 1. The first-order valence-corrected chi connectivity index (χ1v) is 10.4. The Morgan fingerprint density at radius 1 is 1.22 bits per heavy atom. The molecule has 1 aliphatic heterocycles. The van der Waals surface area contributed by atoms with Gasteiger partial charge in [-0.2, -0.15) is 4.31 Å². The highest BCUT2D eigenvalue weighted by Crippen LogP contribution is 2.31. The van der Waals surface area contributed by atoms with Gasteiger partial charge in [0.05, 0.1) is 20.8 Å². The molecule has 1 fully saturated rings. The smallest absolute Gasteiger partial charge is 0.247 e. The number of nitrogens with zero attached hydrogens (tertiary/aromatic N) is 2. The molecule has 0 saturated carbocycles. The van der Waals surface area contributed by atoms with Crippen LogP contribution >= 0.6 is 0 Å². The van der Waals surface area contributed by atoms with Crippen LogP contribution in [0.25, 0.3) is 0 Å². The lowest BCUT2D eigenvalue weighted by Gasteiger charge is -2.31. The summed E-state index contributed by atoms with van der Waals surface area (Å²) in [4.78, 5) is 14.4. The van der Waals surface area contributed by atoms with E-state index < -0.39 is 10.0 Å². The molecule has 27 heavy (non-hydrogen) atoms. The van der Waals surface area contributed by atoms with Crippen molar-refractivity contribution in [2.45, 2.75) is 18.7 Å². The molecule has 1 N–H and O–H groups in total. The van der Waals surface area contributed by atoms with Crippen molar-refractivity contribution in [2.24, 2.45) is 5.92 Å². The predicted octanol–water partition coefficient (Wildman–Crippen LogP) is 0.782. The fourth-order valence-corrected chi connectivity index (χ4v) is 4.67. The van der Waals surface area contributed by atoms with E-state index in [-0.39, 0.29) is 35.6 Å². The molecule has 1 amide bonds. The lowest BCUT2D eigenvalue weighted by molar-refractivity contribution is -0.132. The maximum atomic E-state index is 13.3. The van der Waals surface area contributed by atoms with Gasteiger partial charge >= 0.3 is 0 Å². The lowest BCUT2D eigenvalue weighted by Crippen LogP contribution is -2.50. The number of benzene rings is 1. The fraction of sp³-hybridized carbons (Fsp3) is 0.611. The summed E-state index contributed by atoms with van der Waals surface area (Å²) in [6, 6.07) is 4.62. The number of methoxy groups -OCH3 is 2. The Balaban J connectivity index is 2.35. The number of carbonyl (C=O) groups is 1. The fourth-order valence-electron chi connectivity index (χ4n) is 2.94. The van der Waals surface area contributed by atoms with E-state index in [0.717, 1.165) is 0 Å². The zero-order valence-corrected chi connectivity index (χ0v) is 17.2. The molecule has 1 aliphatic rings. The van der Waals surface area contributed by atoms with E-state index in [2.05, 4.69) is 5.32 Å². The van der Waals surface area contributed by atoms with Crippen LogP contribution in [0.5, 0.6) is 11.5 Å². The monoisotopic (exact) mass is 399 g/mol. The number of hydrogen-bond donors (Lipinski definition) is 1. The van der Waals surface area contributed by atoms with Gasteiger partial charge in [-0.25, -0.2) is 8.42 Å². The van der Waals surface area contributed by atoms with E-state index in [1.165, 1.54) is 24.6 Å². The largest absolute Gasteiger partial charge is 0.497 e. The van der Waals surface area contributed by atoms with Gasteiger partial charge in [0.2, 0.25) is 15.9 Å². The Kier molecular flexibility index (Phi) is 7.46. The molecule has 0 bridgehead atoms. The van der Waals surface area contributed by atoms with Gasteiger partial charge in [-0.15, -0.1) is 0 Å². The number of hydrogen-bond acceptors (Lipinski definition) is 6. The van der Waals surface area contributed by atoms with Crippen LogP contribution in [0.2, 0.25) is 0 Å². The third-order valence-electron chi connectivity index (χ3n) is 4.34. The quantitative estimate of drug-likeness (QED) is 0.695. The van der Waals surface area contributed by atoms with Crippen molar-refractivity contribution in [1.82, 2.24) is 14.5 Å². The summed E-state index contributed by atoms with van der Waals surface area (Å²) in [5.74, 6) is 0.501. The first-order valence-electron chi connectivity index (χ1n) is 9.00. The Labute approximate surface area is 161 Å². The predicted molar refractivity (Wildman–Crippen MR) is 103 cm³/mol. The third-order valence-corrected chi connectivity index (χ3v) is 6.17. The molecule has 0 atom stereocenters. The van der Waals surface area contributed by atoms with Crippen LogP contribution in [-0.4, -0.2) is 77.0 Å². The zero-order chi connectivity index (χ0) is 20.0. The van der Waals surface area contributed by atoms with Gasteiger partial charge in [0.1, 0.15) is 16.4 Å². The van der Waals surface area contributed by atoms with Crippen molar-refractivity contribution in [2.75, 3.05) is 53.5 Å². The van der Waals surface area contributed by atoms with Crippen LogP contribution in [-0.2, 0) is 14.8 Å². The average molecular weight is 400 g/mol. The van der Waals surface area contributed by atoms with Crippen molar-refractivity contribution in [1.29, 1.82) is 0 Å². The molecule has 0 unspecified atom stereocenters. The highest BCUT2D eigenvalue weighted by atomic mass is 32.2. The minimum absolute atomic E-state index is 0.00175. The highest BCUT2D eigenvalue weighted by Gasteiger charge is 2.32. The van der Waals surface area contributed by atoms with Crippen LogP contribution in [0, 0.1) is 5.92 Å². The maximum Gasteiger partial charge on any atom is 0.247 e. The zero-order valence-electron chi connectivity index (χ0n) is 16.4. The van der Waals surface area contributed by atoms with Crippen LogP contribution in [0.15, 0.2) is 23.1 Å². The van der Waals surface area contributed by atoms with E-state index in [1.807, 2.05) is 13.8 Å². The molecule has 1 heterocycles. The molecule has 0 spiro atoms. The number of sulfonamides is 1. The minimum Gasteiger partial charge on any atom is -0.497 e. The number of ether oxygens (including phenoxy) is 2. The lowest BCUT2D eigenvalue weighted by atomic mass is 10.2. The Morgan fingerprint density at radius 2 is 1.89 bits per heavy atom. The summed E-state index contributed by atoms with van der Waals surface area (Å²) in [6.45, 7) is 6.47. The van der Waals surface area contributed by atoms with Crippen molar-refractivity contribution in [3.63, 3.8) is 0 Å². The van der Waals surface area contributed by atoms with E-state index in [0.29, 0.717) is 31.9 Å². The van der Waals surface area contributed by atoms with E-state index in [9.17, 15) is 13.2 Å². The summed E-state index contributed by atoms with van der Waals surface area (Å²) in [5.41, 5.74) is 0. The summed E-state index contributed by atoms with van der Waals surface area (Å²) in [5, 5.41) is 3.18. The maximum absolute atomic E-state index is 13.3. The van der Waals surface area contributed by atoms with Crippen LogP contribution in [0.4, 0.5) is 0 Å². The molecule has 0 radical (unpaired) electrons. The van der Waals surface area contributed by atoms with Crippen LogP contribution in [0.3, 0.4) is 0 Å². The average Bonchev–Trinajstić information content (AvgIpc) is 2.67. The van der Waals surface area contributed by atoms with Gasteiger partial charge in [0.15, 0.2) is 0 Å². The summed E-state index contributed by atoms with van der Waals surface area (Å²) in [6.07, 6.45) is 0. The van der Waals surface area contributed by atoms with E-state index in [4.69, 9.17) is 9.47 Å². The van der Waals surface area contributed by atoms with E-state index >= 15 is 0 Å². The first-order chi connectivity index (χ1) is 12.8. The molecule has 2 rings (SSSR count). The molecular formula is C18H29N3O5S. The van der Waals surface area contributed by atoms with Gasteiger partial charge in [-0.05, 0) is 18.1 Å². The number of carbonyl (C=O) groups excluding carboxylic acids is 1. The topological polar surface area (TPSA) is 88.2 Å². The Bertz CT molecular complexity index is 745. The van der Waals surface area contributed by atoms with Crippen LogP contribution in [0.1, 0.15) is 13.8 Å². The summed E-state index contributed by atoms with van der Waals surface area (Å²) < 4.78 is 38.3. The summed E-state index contributed by atoms with van der Waals surface area (Å²) >= 11 is 0. The van der Waals surface area contributed by atoms with Crippen molar-refractivity contribution in [3.8, 4) is 11.5 Å². The second-order valence-corrected chi connectivity index (χ2v) is 8.75. The molecule has 8 nitrogen and oxygen atoms in total. The van der Waals surface area contributed by atoms with Crippen molar-refractivity contribution in [3.05, 3.63) is 18.2 Å². The first kappa shape index (κ1) is 21.5. The standard InChI is InChI=1S/C18H29N3O5S/c1-14(2)12-21(13-18(22)20-9-7-19-8-10-20)27(23,24)17-11-15(25-3)5-6-16(17)26-4/h5-6,11,14,19H,7-10,12-13H2,1-4H3. The second kappa shape index (κ2) is 9.38. The van der Waals surface area contributed by atoms with Gasteiger partial charge in [0, 0.05) is 38.8 Å². The van der Waals surface area contributed by atoms with Crippen LogP contribution < -0.4 is 14.8 Å². The molecular weight excluding hydrogens is 370 g/mol. The summed E-state index contributed by atoms with van der Waals surface area (Å²) in [7, 11) is -1.05. The van der Waals surface area contributed by atoms with Gasteiger partial charge < -0.3 is 19.7 Å². The Morgan fingerprint density at radius 3 is 2.44 bits per heavy atom. The minimum atomic E-state index is -3.94. The van der Waals surface area contributed by atoms with Crippen molar-refractivity contribution >= 4 is 15.9 Å². The molecule has 0 aliphatic carbocycles. The van der Waals surface area contributed by atoms with Gasteiger partial charge in [-0.3, -0.25) is 4.79 Å². The van der Waals surface area contributed by atoms with Crippen molar-refractivity contribution < 1.29 is 22.7 Å². The normalized spacial score (nSPS) is 15.3. The second-order valence-electron chi connectivity index (χ2n) is 6.84. The highest BCUT2D eigenvalue weighted by molar-refractivity contribution is 7.89. The molecule has 1 aromatic rings. The van der Waals surface area contributed by atoms with Gasteiger partial charge in [-0.1, -0.05) is 13.8 Å². The molecule has 1 aromatic carbocycles.